The SMILES string of the molecule is COc1ccc(NC(=O)Nc2ccc3c(C(C)=O)c(O)n(OC(=O)C(C)(C)C)c3c2)cc1. The molecule has 0 spiro atoms. The highest BCUT2D eigenvalue weighted by Gasteiger charge is 2.28. The first-order chi connectivity index (χ1) is 15.0. The monoisotopic (exact) mass is 439 g/mol. The molecule has 32 heavy (non-hydrogen) atoms. The number of urea groups is 1. The zero-order valence-corrected chi connectivity index (χ0v) is 18.5. The Kier molecular flexibility index (Phi) is 6.11. The largest absolute Gasteiger partial charge is 0.497 e. The lowest BCUT2D eigenvalue weighted by Gasteiger charge is -2.17. The van der Waals surface area contributed by atoms with Gasteiger partial charge in [0.15, 0.2) is 5.78 Å². The third kappa shape index (κ3) is 4.66. The topological polar surface area (TPSA) is 119 Å². The van der Waals surface area contributed by atoms with Crippen LogP contribution < -0.4 is 20.2 Å². The molecule has 9 heteroatoms. The molecule has 1 aromatic heterocycles. The lowest BCUT2D eigenvalue weighted by atomic mass is 9.98. The first-order valence-corrected chi connectivity index (χ1v) is 9.84. The minimum absolute atomic E-state index is 0.0240. The predicted molar refractivity (Wildman–Crippen MR) is 120 cm³/mol. The average molecular weight is 439 g/mol. The molecule has 0 atom stereocenters. The fourth-order valence-corrected chi connectivity index (χ4v) is 2.95. The van der Waals surface area contributed by atoms with Crippen molar-refractivity contribution < 1.29 is 29.1 Å². The van der Waals surface area contributed by atoms with Crippen LogP contribution in [0.3, 0.4) is 0 Å². The van der Waals surface area contributed by atoms with E-state index in [1.807, 2.05) is 0 Å². The van der Waals surface area contributed by atoms with Gasteiger partial charge in [0, 0.05) is 16.8 Å². The van der Waals surface area contributed by atoms with Crippen molar-refractivity contribution in [2.75, 3.05) is 17.7 Å². The second kappa shape index (κ2) is 8.62. The summed E-state index contributed by atoms with van der Waals surface area (Å²) < 4.78 is 6.00. The molecular formula is C23H25N3O6. The highest BCUT2D eigenvalue weighted by atomic mass is 16.7. The van der Waals surface area contributed by atoms with E-state index in [9.17, 15) is 19.5 Å². The fraction of sp³-hybridized carbons (Fsp3) is 0.261. The summed E-state index contributed by atoms with van der Waals surface area (Å²) in [5.41, 5.74) is 0.365. The summed E-state index contributed by atoms with van der Waals surface area (Å²) in [6, 6.07) is 11.0. The van der Waals surface area contributed by atoms with Crippen LogP contribution in [0.25, 0.3) is 10.9 Å². The third-order valence-electron chi connectivity index (χ3n) is 4.65. The maximum atomic E-state index is 12.4. The number of ether oxygens (including phenoxy) is 1. The van der Waals surface area contributed by atoms with Gasteiger partial charge in [-0.3, -0.25) is 4.79 Å². The Morgan fingerprint density at radius 1 is 0.969 bits per heavy atom. The Labute approximate surface area is 184 Å². The number of nitrogens with one attached hydrogen (secondary N) is 2. The zero-order chi connectivity index (χ0) is 23.6. The third-order valence-corrected chi connectivity index (χ3v) is 4.65. The van der Waals surface area contributed by atoms with Crippen LogP contribution in [0.15, 0.2) is 42.5 Å². The summed E-state index contributed by atoms with van der Waals surface area (Å²) in [4.78, 5) is 42.2. The molecule has 3 aromatic rings. The van der Waals surface area contributed by atoms with Gasteiger partial charge in [0.05, 0.1) is 23.6 Å². The Bertz CT molecular complexity index is 1190. The van der Waals surface area contributed by atoms with Gasteiger partial charge in [0.25, 0.3) is 0 Å². The average Bonchev–Trinajstić information content (AvgIpc) is 2.99. The predicted octanol–water partition coefficient (Wildman–Crippen LogP) is 4.20. The Morgan fingerprint density at radius 2 is 1.56 bits per heavy atom. The van der Waals surface area contributed by atoms with E-state index in [0.717, 1.165) is 4.73 Å². The Balaban J connectivity index is 1.91. The molecule has 0 saturated carbocycles. The number of methoxy groups -OCH3 is 1. The molecule has 2 amide bonds. The van der Waals surface area contributed by atoms with E-state index in [1.54, 1.807) is 64.3 Å². The molecule has 9 nitrogen and oxygen atoms in total. The smallest absolute Gasteiger partial charge is 0.338 e. The van der Waals surface area contributed by atoms with Gasteiger partial charge in [0.1, 0.15) is 5.75 Å². The van der Waals surface area contributed by atoms with Crippen LogP contribution in [0, 0.1) is 5.41 Å². The van der Waals surface area contributed by atoms with Crippen molar-refractivity contribution >= 4 is 40.1 Å². The van der Waals surface area contributed by atoms with Gasteiger partial charge in [-0.25, -0.2) is 9.59 Å². The molecule has 0 aliphatic heterocycles. The Morgan fingerprint density at radius 3 is 2.12 bits per heavy atom. The number of fused-ring (bicyclic) bond motifs is 1. The quantitative estimate of drug-likeness (QED) is 0.513. The summed E-state index contributed by atoms with van der Waals surface area (Å²) in [7, 11) is 1.55. The number of nitrogens with zero attached hydrogens (tertiary/aromatic N) is 1. The van der Waals surface area contributed by atoms with Crippen LogP contribution in [-0.2, 0) is 4.79 Å². The molecule has 1 heterocycles. The molecule has 0 bridgehead atoms. The highest BCUT2D eigenvalue weighted by molar-refractivity contribution is 6.10. The lowest BCUT2D eigenvalue weighted by Crippen LogP contribution is -2.31. The number of rotatable bonds is 5. The van der Waals surface area contributed by atoms with E-state index in [0.29, 0.717) is 22.5 Å². The van der Waals surface area contributed by atoms with Gasteiger partial charge < -0.3 is 25.3 Å². The van der Waals surface area contributed by atoms with E-state index in [1.165, 1.54) is 13.0 Å². The molecule has 0 aliphatic carbocycles. The van der Waals surface area contributed by atoms with Crippen molar-refractivity contribution in [3.8, 4) is 11.6 Å². The number of benzene rings is 2. The van der Waals surface area contributed by atoms with Crippen molar-refractivity contribution in [1.82, 2.24) is 4.73 Å². The molecule has 0 saturated heterocycles. The standard InChI is InChI=1S/C23H25N3O6/c1-13(27)19-17-11-8-15(25-22(30)24-14-6-9-16(31-5)10-7-14)12-18(17)26(20(19)28)32-21(29)23(2,3)4/h6-12,28H,1-5H3,(H2,24,25,30). The molecule has 2 aromatic carbocycles. The number of Topliss-reactive ketones (excluding diaryl/α,β-unsaturated/α-hetero) is 1. The number of anilines is 2. The number of aromatic nitrogens is 1. The van der Waals surface area contributed by atoms with Gasteiger partial charge in [0.2, 0.25) is 5.88 Å². The van der Waals surface area contributed by atoms with Gasteiger partial charge in [-0.05, 0) is 70.2 Å². The highest BCUT2D eigenvalue weighted by Crippen LogP contribution is 2.33. The minimum atomic E-state index is -0.840. The van der Waals surface area contributed by atoms with E-state index >= 15 is 0 Å². The molecule has 168 valence electrons. The van der Waals surface area contributed by atoms with Crippen molar-refractivity contribution in [2.45, 2.75) is 27.7 Å². The Hall–Kier alpha value is -4.01. The van der Waals surface area contributed by atoms with Crippen LogP contribution in [0.4, 0.5) is 16.2 Å². The minimum Gasteiger partial charge on any atom is -0.497 e. The summed E-state index contributed by atoms with van der Waals surface area (Å²) in [5, 5.41) is 16.3. The fourth-order valence-electron chi connectivity index (χ4n) is 2.95. The molecule has 0 aliphatic rings. The van der Waals surface area contributed by atoms with Crippen molar-refractivity contribution in [3.63, 3.8) is 0 Å². The molecule has 3 rings (SSSR count). The number of ketones is 1. The lowest BCUT2D eigenvalue weighted by molar-refractivity contribution is -0.153. The number of hydrogen-bond acceptors (Lipinski definition) is 6. The van der Waals surface area contributed by atoms with E-state index in [2.05, 4.69) is 10.6 Å². The van der Waals surface area contributed by atoms with Gasteiger partial charge >= 0.3 is 12.0 Å². The second-order valence-electron chi connectivity index (χ2n) is 8.22. The van der Waals surface area contributed by atoms with Gasteiger partial charge in [-0.15, -0.1) is 4.73 Å². The van der Waals surface area contributed by atoms with Crippen LogP contribution in [0.2, 0.25) is 0 Å². The number of hydrogen-bond donors (Lipinski definition) is 3. The first kappa shape index (κ1) is 22.7. The molecular weight excluding hydrogens is 414 g/mol. The number of carbonyl (C=O) groups is 3. The normalized spacial score (nSPS) is 11.2. The van der Waals surface area contributed by atoms with Crippen molar-refractivity contribution in [1.29, 1.82) is 0 Å². The summed E-state index contributed by atoms with van der Waals surface area (Å²) in [5.74, 6) is -0.815. The summed E-state index contributed by atoms with van der Waals surface area (Å²) >= 11 is 0. The van der Waals surface area contributed by atoms with Crippen molar-refractivity contribution in [2.24, 2.45) is 5.41 Å². The number of carbonyl (C=O) groups excluding carboxylic acids is 3. The zero-order valence-electron chi connectivity index (χ0n) is 18.5. The second-order valence-corrected chi connectivity index (χ2v) is 8.22. The maximum Gasteiger partial charge on any atom is 0.338 e. The maximum absolute atomic E-state index is 12.4. The molecule has 3 N–H and O–H groups in total. The molecule has 0 radical (unpaired) electrons. The van der Waals surface area contributed by atoms with E-state index < -0.39 is 29.1 Å². The van der Waals surface area contributed by atoms with Crippen LogP contribution in [-0.4, -0.2) is 34.7 Å². The summed E-state index contributed by atoms with van der Waals surface area (Å²) in [6.45, 7) is 6.31. The number of aromatic hydroxyl groups is 1. The van der Waals surface area contributed by atoms with Gasteiger partial charge in [-0.2, -0.15) is 0 Å². The van der Waals surface area contributed by atoms with Crippen LogP contribution in [0.5, 0.6) is 11.6 Å². The van der Waals surface area contributed by atoms with Crippen LogP contribution >= 0.6 is 0 Å². The molecule has 0 fully saturated rings. The van der Waals surface area contributed by atoms with E-state index in [-0.39, 0.29) is 11.1 Å². The first-order valence-electron chi connectivity index (χ1n) is 9.84. The van der Waals surface area contributed by atoms with E-state index in [4.69, 9.17) is 9.57 Å². The number of amides is 2. The van der Waals surface area contributed by atoms with Crippen molar-refractivity contribution in [3.05, 3.63) is 48.0 Å². The molecule has 0 unspecified atom stereocenters. The van der Waals surface area contributed by atoms with Crippen LogP contribution in [0.1, 0.15) is 38.1 Å². The van der Waals surface area contributed by atoms with Gasteiger partial charge in [-0.1, -0.05) is 0 Å². The summed E-state index contributed by atoms with van der Waals surface area (Å²) in [6.07, 6.45) is 0.